The van der Waals surface area contributed by atoms with Crippen LogP contribution < -0.4 is 4.74 Å². The van der Waals surface area contributed by atoms with Crippen molar-refractivity contribution in [2.75, 3.05) is 13.2 Å². The van der Waals surface area contributed by atoms with Crippen LogP contribution in [0.15, 0.2) is 53.8 Å². The second kappa shape index (κ2) is 7.17. The van der Waals surface area contributed by atoms with Gasteiger partial charge in [-0.1, -0.05) is 29.9 Å². The van der Waals surface area contributed by atoms with E-state index in [0.29, 0.717) is 13.2 Å². The number of benzene rings is 1. The first-order chi connectivity index (χ1) is 12.7. The fourth-order valence-electron chi connectivity index (χ4n) is 3.48. The minimum atomic E-state index is 0.0442. The number of H-pyrrole nitrogens is 1. The van der Waals surface area contributed by atoms with Gasteiger partial charge in [0.05, 0.1) is 30.3 Å². The van der Waals surface area contributed by atoms with E-state index in [-0.39, 0.29) is 6.04 Å². The highest BCUT2D eigenvalue weighted by Crippen LogP contribution is 2.35. The summed E-state index contributed by atoms with van der Waals surface area (Å²) in [4.78, 5) is 10.3. The highest BCUT2D eigenvalue weighted by Gasteiger charge is 2.31. The molecule has 0 saturated carbocycles. The highest BCUT2D eigenvalue weighted by molar-refractivity contribution is 5.37. The van der Waals surface area contributed by atoms with Crippen molar-refractivity contribution >= 4 is 0 Å². The highest BCUT2D eigenvalue weighted by atomic mass is 16.5. The molecular weight excluding hydrogens is 328 g/mol. The molecule has 1 aliphatic rings. The van der Waals surface area contributed by atoms with Crippen LogP contribution in [0.1, 0.15) is 34.4 Å². The average Bonchev–Trinajstić information content (AvgIpc) is 3.29. The molecule has 3 heterocycles. The minimum absolute atomic E-state index is 0.0442. The SMILES string of the molecule is C=CCOc1cccc([C@@H]2c3nc[nH]c3CCN2Cc2cc(C)no2)c1. The fraction of sp³-hybridized carbons (Fsp3) is 0.300. The molecule has 0 unspecified atom stereocenters. The Hall–Kier alpha value is -2.86. The molecule has 0 saturated heterocycles. The first-order valence-corrected chi connectivity index (χ1v) is 8.76. The second-order valence-corrected chi connectivity index (χ2v) is 6.50. The number of aromatic nitrogens is 3. The molecule has 0 bridgehead atoms. The number of hydrogen-bond donors (Lipinski definition) is 1. The van der Waals surface area contributed by atoms with Crippen LogP contribution >= 0.6 is 0 Å². The van der Waals surface area contributed by atoms with Gasteiger partial charge in [0.15, 0.2) is 5.76 Å². The molecule has 134 valence electrons. The summed E-state index contributed by atoms with van der Waals surface area (Å²) in [5.41, 5.74) is 4.30. The molecule has 0 amide bonds. The zero-order chi connectivity index (χ0) is 17.9. The number of fused-ring (bicyclic) bond motifs is 1. The van der Waals surface area contributed by atoms with E-state index in [9.17, 15) is 0 Å². The van der Waals surface area contributed by atoms with E-state index in [1.807, 2.05) is 25.1 Å². The number of imidazole rings is 1. The van der Waals surface area contributed by atoms with Crippen molar-refractivity contribution in [3.05, 3.63) is 77.7 Å². The van der Waals surface area contributed by atoms with Crippen LogP contribution in [0.4, 0.5) is 0 Å². The van der Waals surface area contributed by atoms with E-state index < -0.39 is 0 Å². The number of nitrogens with one attached hydrogen (secondary N) is 1. The summed E-state index contributed by atoms with van der Waals surface area (Å²) in [5.74, 6) is 1.70. The van der Waals surface area contributed by atoms with E-state index in [0.717, 1.165) is 41.4 Å². The Morgan fingerprint density at radius 1 is 1.42 bits per heavy atom. The molecule has 26 heavy (non-hydrogen) atoms. The van der Waals surface area contributed by atoms with Gasteiger partial charge in [0, 0.05) is 24.7 Å². The number of rotatable bonds is 6. The first-order valence-electron chi connectivity index (χ1n) is 8.76. The fourth-order valence-corrected chi connectivity index (χ4v) is 3.48. The van der Waals surface area contributed by atoms with Crippen molar-refractivity contribution in [2.45, 2.75) is 25.9 Å². The van der Waals surface area contributed by atoms with Gasteiger partial charge in [0.25, 0.3) is 0 Å². The lowest BCUT2D eigenvalue weighted by Crippen LogP contribution is -2.35. The molecule has 3 aromatic rings. The summed E-state index contributed by atoms with van der Waals surface area (Å²) in [6.07, 6.45) is 4.46. The smallest absolute Gasteiger partial charge is 0.150 e. The maximum atomic E-state index is 5.72. The van der Waals surface area contributed by atoms with Crippen LogP contribution in [-0.4, -0.2) is 33.2 Å². The summed E-state index contributed by atoms with van der Waals surface area (Å²) in [6.45, 7) is 7.74. The van der Waals surface area contributed by atoms with Crippen molar-refractivity contribution in [2.24, 2.45) is 0 Å². The normalized spacial score (nSPS) is 17.0. The lowest BCUT2D eigenvalue weighted by atomic mass is 9.95. The van der Waals surface area contributed by atoms with Crippen LogP contribution in [-0.2, 0) is 13.0 Å². The third-order valence-corrected chi connectivity index (χ3v) is 4.60. The summed E-state index contributed by atoms with van der Waals surface area (Å²) in [7, 11) is 0. The molecule has 1 aliphatic heterocycles. The van der Waals surface area contributed by atoms with E-state index in [1.54, 1.807) is 12.4 Å². The van der Waals surface area contributed by atoms with E-state index in [4.69, 9.17) is 9.26 Å². The molecule has 0 radical (unpaired) electrons. The van der Waals surface area contributed by atoms with Gasteiger partial charge < -0.3 is 14.2 Å². The number of aryl methyl sites for hydroxylation is 1. The Bertz CT molecular complexity index is 899. The summed E-state index contributed by atoms with van der Waals surface area (Å²) in [5, 5.41) is 4.01. The Morgan fingerprint density at radius 2 is 2.35 bits per heavy atom. The monoisotopic (exact) mass is 350 g/mol. The summed E-state index contributed by atoms with van der Waals surface area (Å²) < 4.78 is 11.2. The van der Waals surface area contributed by atoms with Gasteiger partial charge in [0.1, 0.15) is 12.4 Å². The summed E-state index contributed by atoms with van der Waals surface area (Å²) in [6, 6.07) is 10.2. The number of ether oxygens (including phenoxy) is 1. The molecule has 6 heteroatoms. The Morgan fingerprint density at radius 3 is 3.15 bits per heavy atom. The number of hydrogen-bond acceptors (Lipinski definition) is 5. The van der Waals surface area contributed by atoms with Crippen LogP contribution in [0, 0.1) is 6.92 Å². The average molecular weight is 350 g/mol. The predicted molar refractivity (Wildman–Crippen MR) is 97.9 cm³/mol. The molecule has 0 fully saturated rings. The molecule has 1 aromatic carbocycles. The van der Waals surface area contributed by atoms with Gasteiger partial charge in [-0.3, -0.25) is 4.90 Å². The molecule has 6 nitrogen and oxygen atoms in total. The molecular formula is C20H22N4O2. The molecule has 1 atom stereocenters. The number of aromatic amines is 1. The topological polar surface area (TPSA) is 67.2 Å². The zero-order valence-corrected chi connectivity index (χ0v) is 14.8. The Kier molecular flexibility index (Phi) is 4.58. The lowest BCUT2D eigenvalue weighted by Gasteiger charge is -2.34. The second-order valence-electron chi connectivity index (χ2n) is 6.50. The van der Waals surface area contributed by atoms with Crippen molar-refractivity contribution in [3.63, 3.8) is 0 Å². The minimum Gasteiger partial charge on any atom is -0.490 e. The maximum absolute atomic E-state index is 5.72. The van der Waals surface area contributed by atoms with Crippen LogP contribution in [0.2, 0.25) is 0 Å². The third kappa shape index (κ3) is 3.28. The van der Waals surface area contributed by atoms with Crippen molar-refractivity contribution in [1.29, 1.82) is 0 Å². The Labute approximate surface area is 152 Å². The predicted octanol–water partition coefficient (Wildman–Crippen LogP) is 3.42. The number of nitrogens with zero attached hydrogens (tertiary/aromatic N) is 3. The van der Waals surface area contributed by atoms with Crippen molar-refractivity contribution in [3.8, 4) is 5.75 Å². The molecule has 4 rings (SSSR count). The molecule has 1 N–H and O–H groups in total. The van der Waals surface area contributed by atoms with E-state index >= 15 is 0 Å². The quantitative estimate of drug-likeness (QED) is 0.690. The molecule has 0 aliphatic carbocycles. The van der Waals surface area contributed by atoms with E-state index in [2.05, 4.69) is 38.7 Å². The summed E-state index contributed by atoms with van der Waals surface area (Å²) >= 11 is 0. The van der Waals surface area contributed by atoms with Crippen LogP contribution in [0.25, 0.3) is 0 Å². The van der Waals surface area contributed by atoms with Gasteiger partial charge in [0.2, 0.25) is 0 Å². The van der Waals surface area contributed by atoms with Crippen LogP contribution in [0.5, 0.6) is 5.75 Å². The Balaban J connectivity index is 1.68. The van der Waals surface area contributed by atoms with Gasteiger partial charge in [-0.2, -0.15) is 0 Å². The van der Waals surface area contributed by atoms with E-state index in [1.165, 1.54) is 5.69 Å². The van der Waals surface area contributed by atoms with Gasteiger partial charge in [-0.05, 0) is 24.6 Å². The standard InChI is InChI=1S/C20H22N4O2/c1-3-9-25-16-6-4-5-15(11-16)20-19-18(21-13-22-19)7-8-24(20)12-17-10-14(2)23-26-17/h3-6,10-11,13,20H,1,7-9,12H2,2H3,(H,21,22)/t20-/m1/s1. The molecule has 0 spiro atoms. The third-order valence-electron chi connectivity index (χ3n) is 4.60. The maximum Gasteiger partial charge on any atom is 0.150 e. The van der Waals surface area contributed by atoms with Crippen LogP contribution in [0.3, 0.4) is 0 Å². The van der Waals surface area contributed by atoms with Gasteiger partial charge in [-0.15, -0.1) is 0 Å². The molecule has 2 aromatic heterocycles. The lowest BCUT2D eigenvalue weighted by molar-refractivity contribution is 0.177. The first kappa shape index (κ1) is 16.6. The largest absolute Gasteiger partial charge is 0.490 e. The van der Waals surface area contributed by atoms with Crippen molar-refractivity contribution < 1.29 is 9.26 Å². The van der Waals surface area contributed by atoms with Gasteiger partial charge >= 0.3 is 0 Å². The zero-order valence-electron chi connectivity index (χ0n) is 14.8. The van der Waals surface area contributed by atoms with Gasteiger partial charge in [-0.25, -0.2) is 4.98 Å². The van der Waals surface area contributed by atoms with Crippen molar-refractivity contribution in [1.82, 2.24) is 20.0 Å².